The third kappa shape index (κ3) is 3.08. The third-order valence-electron chi connectivity index (χ3n) is 2.80. The number of halogens is 5. The topological polar surface area (TPSA) is 12.0 Å². The predicted octanol–water partition coefficient (Wildman–Crippen LogP) is 4.61. The van der Waals surface area contributed by atoms with Gasteiger partial charge in [-0.2, -0.15) is 0 Å². The first-order valence-electron chi connectivity index (χ1n) is 6.16. The Bertz CT molecular complexity index is 637. The van der Waals surface area contributed by atoms with Crippen LogP contribution in [0, 0.1) is 29.1 Å². The molecule has 114 valence electrons. The number of hydrogen-bond donors (Lipinski definition) is 1. The summed E-state index contributed by atoms with van der Waals surface area (Å²) in [5, 5.41) is 3.10. The molecular weight excluding hydrogens is 309 g/mol. The van der Waals surface area contributed by atoms with Crippen molar-refractivity contribution in [1.82, 2.24) is 5.32 Å². The van der Waals surface area contributed by atoms with Crippen LogP contribution in [0.3, 0.4) is 0 Å². The standard InChI is InChI=1S/C14H12F5NS/c1-6(2)20-5-7-3-4-8(21-7)9-10(15)12(17)14(19)13(18)11(9)16/h3-4,6,20H,5H2,1-2H3. The number of nitrogens with one attached hydrogen (secondary N) is 1. The fourth-order valence-corrected chi connectivity index (χ4v) is 2.72. The minimum atomic E-state index is -2.15. The highest BCUT2D eigenvalue weighted by Crippen LogP contribution is 2.35. The zero-order chi connectivity index (χ0) is 15.7. The van der Waals surface area contributed by atoms with Crippen LogP contribution in [0.2, 0.25) is 0 Å². The summed E-state index contributed by atoms with van der Waals surface area (Å²) >= 11 is 0.981. The van der Waals surface area contributed by atoms with Gasteiger partial charge in [0, 0.05) is 22.3 Å². The van der Waals surface area contributed by atoms with E-state index in [4.69, 9.17) is 0 Å². The Labute approximate surface area is 122 Å². The Morgan fingerprint density at radius 1 is 0.905 bits per heavy atom. The van der Waals surface area contributed by atoms with Gasteiger partial charge < -0.3 is 5.32 Å². The normalized spacial score (nSPS) is 11.4. The molecule has 1 N–H and O–H groups in total. The first-order valence-corrected chi connectivity index (χ1v) is 6.98. The smallest absolute Gasteiger partial charge is 0.200 e. The number of hydrogen-bond acceptors (Lipinski definition) is 2. The van der Waals surface area contributed by atoms with Crippen molar-refractivity contribution in [1.29, 1.82) is 0 Å². The largest absolute Gasteiger partial charge is 0.310 e. The van der Waals surface area contributed by atoms with Crippen LogP contribution in [0.4, 0.5) is 22.0 Å². The molecule has 0 aliphatic rings. The van der Waals surface area contributed by atoms with E-state index in [1.165, 1.54) is 6.07 Å². The highest BCUT2D eigenvalue weighted by molar-refractivity contribution is 7.15. The Balaban J connectivity index is 2.43. The summed E-state index contributed by atoms with van der Waals surface area (Å²) < 4.78 is 66.7. The van der Waals surface area contributed by atoms with Gasteiger partial charge in [0.2, 0.25) is 5.82 Å². The zero-order valence-electron chi connectivity index (χ0n) is 11.2. The van der Waals surface area contributed by atoms with E-state index in [2.05, 4.69) is 5.32 Å². The molecule has 0 atom stereocenters. The summed E-state index contributed by atoms with van der Waals surface area (Å²) in [5.74, 6) is -9.63. The minimum Gasteiger partial charge on any atom is -0.310 e. The average molecular weight is 321 g/mol. The van der Waals surface area contributed by atoms with Gasteiger partial charge in [-0.15, -0.1) is 11.3 Å². The van der Waals surface area contributed by atoms with Crippen LogP contribution >= 0.6 is 11.3 Å². The molecule has 21 heavy (non-hydrogen) atoms. The van der Waals surface area contributed by atoms with E-state index in [0.717, 1.165) is 16.2 Å². The maximum absolute atomic E-state index is 13.7. The van der Waals surface area contributed by atoms with Crippen molar-refractivity contribution in [2.75, 3.05) is 0 Å². The molecule has 0 fully saturated rings. The van der Waals surface area contributed by atoms with Crippen molar-refractivity contribution in [2.45, 2.75) is 26.4 Å². The first kappa shape index (κ1) is 15.9. The van der Waals surface area contributed by atoms with Crippen molar-refractivity contribution in [3.8, 4) is 10.4 Å². The minimum absolute atomic E-state index is 0.00311. The molecule has 0 saturated heterocycles. The van der Waals surface area contributed by atoms with E-state index >= 15 is 0 Å². The van der Waals surface area contributed by atoms with Gasteiger partial charge in [-0.05, 0) is 12.1 Å². The SMILES string of the molecule is CC(C)NCc1ccc(-c2c(F)c(F)c(F)c(F)c2F)s1. The van der Waals surface area contributed by atoms with E-state index in [1.807, 2.05) is 13.8 Å². The molecule has 0 radical (unpaired) electrons. The molecule has 0 aliphatic heterocycles. The Hall–Kier alpha value is -1.47. The quantitative estimate of drug-likeness (QED) is 0.493. The van der Waals surface area contributed by atoms with Crippen LogP contribution in [0.1, 0.15) is 18.7 Å². The van der Waals surface area contributed by atoms with E-state index in [9.17, 15) is 22.0 Å². The van der Waals surface area contributed by atoms with Gasteiger partial charge >= 0.3 is 0 Å². The molecule has 1 aromatic heterocycles. The van der Waals surface area contributed by atoms with E-state index in [-0.39, 0.29) is 10.9 Å². The molecule has 0 amide bonds. The maximum Gasteiger partial charge on any atom is 0.200 e. The summed E-state index contributed by atoms with van der Waals surface area (Å²) in [6, 6.07) is 3.15. The van der Waals surface area contributed by atoms with E-state index < -0.39 is 34.6 Å². The number of thiophene rings is 1. The van der Waals surface area contributed by atoms with Crippen molar-refractivity contribution < 1.29 is 22.0 Å². The summed E-state index contributed by atoms with van der Waals surface area (Å²) in [6.45, 7) is 4.31. The molecule has 1 aromatic carbocycles. The van der Waals surface area contributed by atoms with E-state index in [0.29, 0.717) is 6.54 Å². The first-order chi connectivity index (χ1) is 9.82. The summed E-state index contributed by atoms with van der Waals surface area (Å²) in [5.41, 5.74) is -0.882. The molecule has 1 nitrogen and oxygen atoms in total. The molecule has 2 aromatic rings. The van der Waals surface area contributed by atoms with Crippen LogP contribution in [0.5, 0.6) is 0 Å². The number of benzene rings is 1. The third-order valence-corrected chi connectivity index (χ3v) is 3.91. The lowest BCUT2D eigenvalue weighted by Gasteiger charge is -2.07. The molecule has 7 heteroatoms. The van der Waals surface area contributed by atoms with Crippen LogP contribution < -0.4 is 5.32 Å². The predicted molar refractivity (Wildman–Crippen MR) is 71.5 cm³/mol. The lowest BCUT2D eigenvalue weighted by Crippen LogP contribution is -2.21. The Morgan fingerprint density at radius 2 is 1.43 bits per heavy atom. The van der Waals surface area contributed by atoms with Crippen LogP contribution in [-0.2, 0) is 6.54 Å². The second-order valence-electron chi connectivity index (χ2n) is 4.75. The highest BCUT2D eigenvalue weighted by Gasteiger charge is 2.27. The molecule has 0 spiro atoms. The van der Waals surface area contributed by atoms with Crippen LogP contribution in [-0.4, -0.2) is 6.04 Å². The highest BCUT2D eigenvalue weighted by atomic mass is 32.1. The Morgan fingerprint density at radius 3 is 1.95 bits per heavy atom. The fraction of sp³-hybridized carbons (Fsp3) is 0.286. The van der Waals surface area contributed by atoms with Gasteiger partial charge in [0.25, 0.3) is 0 Å². The molecule has 0 aliphatic carbocycles. The summed E-state index contributed by atoms with van der Waals surface area (Å²) in [4.78, 5) is 0.742. The van der Waals surface area contributed by atoms with Crippen molar-refractivity contribution in [3.63, 3.8) is 0 Å². The molecule has 0 unspecified atom stereocenters. The summed E-state index contributed by atoms with van der Waals surface area (Å²) in [6.07, 6.45) is 0. The van der Waals surface area contributed by atoms with Gasteiger partial charge in [0.1, 0.15) is 0 Å². The Kier molecular flexibility index (Phi) is 4.63. The molecule has 2 rings (SSSR count). The lowest BCUT2D eigenvalue weighted by molar-refractivity contribution is 0.381. The van der Waals surface area contributed by atoms with Crippen LogP contribution in [0.15, 0.2) is 12.1 Å². The van der Waals surface area contributed by atoms with Crippen molar-refractivity contribution in [2.24, 2.45) is 0 Å². The monoisotopic (exact) mass is 321 g/mol. The second kappa shape index (κ2) is 6.11. The molecule has 0 saturated carbocycles. The fourth-order valence-electron chi connectivity index (χ4n) is 1.73. The molecule has 1 heterocycles. The maximum atomic E-state index is 13.7. The van der Waals surface area contributed by atoms with Gasteiger partial charge in [-0.1, -0.05) is 13.8 Å². The van der Waals surface area contributed by atoms with Crippen molar-refractivity contribution in [3.05, 3.63) is 46.1 Å². The van der Waals surface area contributed by atoms with Crippen LogP contribution in [0.25, 0.3) is 10.4 Å². The number of rotatable bonds is 4. The zero-order valence-corrected chi connectivity index (χ0v) is 12.1. The molecular formula is C14H12F5NS. The van der Waals surface area contributed by atoms with E-state index in [1.54, 1.807) is 6.07 Å². The van der Waals surface area contributed by atoms with Gasteiger partial charge in [-0.3, -0.25) is 0 Å². The lowest BCUT2D eigenvalue weighted by atomic mass is 10.1. The molecule has 0 bridgehead atoms. The van der Waals surface area contributed by atoms with Gasteiger partial charge in [-0.25, -0.2) is 22.0 Å². The van der Waals surface area contributed by atoms with Crippen molar-refractivity contribution >= 4 is 11.3 Å². The average Bonchev–Trinajstić information content (AvgIpc) is 2.89. The second-order valence-corrected chi connectivity index (χ2v) is 5.91. The van der Waals surface area contributed by atoms with Gasteiger partial charge in [0.15, 0.2) is 23.3 Å². The summed E-state index contributed by atoms with van der Waals surface area (Å²) in [7, 11) is 0. The van der Waals surface area contributed by atoms with Gasteiger partial charge in [0.05, 0.1) is 5.56 Å².